The van der Waals surface area contributed by atoms with E-state index in [2.05, 4.69) is 85.1 Å². The van der Waals surface area contributed by atoms with Gasteiger partial charge in [-0.1, -0.05) is 0 Å². The molecule has 1 saturated heterocycles. The lowest BCUT2D eigenvalue weighted by molar-refractivity contribution is 0.272. The van der Waals surface area contributed by atoms with Gasteiger partial charge in [-0.05, 0) is 97.2 Å². The van der Waals surface area contributed by atoms with Crippen molar-refractivity contribution in [3.8, 4) is 0 Å². The molecule has 7 nitrogen and oxygen atoms in total. The Morgan fingerprint density at radius 1 is 0.667 bits per heavy atom. The smallest absolute Gasteiger partial charge is 0.316 e. The quantitative estimate of drug-likeness (QED) is 0.391. The van der Waals surface area contributed by atoms with E-state index < -0.39 is 70.2 Å². The molecule has 0 aliphatic carbocycles. The van der Waals surface area contributed by atoms with E-state index in [4.69, 9.17) is 28.8 Å². The molecule has 0 bridgehead atoms. The van der Waals surface area contributed by atoms with Crippen molar-refractivity contribution in [3.05, 3.63) is 0 Å². The molecule has 0 amide bonds. The molecule has 180 valence electrons. The summed E-state index contributed by atoms with van der Waals surface area (Å²) in [5.41, 5.74) is 0. The highest BCUT2D eigenvalue weighted by Crippen LogP contribution is 2.31. The van der Waals surface area contributed by atoms with Crippen molar-refractivity contribution in [2.45, 2.75) is 97.2 Å². The fourth-order valence-electron chi connectivity index (χ4n) is 3.98. The van der Waals surface area contributed by atoms with Gasteiger partial charge in [-0.3, -0.25) is 0 Å². The zero-order valence-corrected chi connectivity index (χ0v) is 30.0. The van der Waals surface area contributed by atoms with Crippen LogP contribution >= 0.6 is 0 Å². The zero-order valence-electron chi connectivity index (χ0n) is 21.5. The highest BCUT2D eigenvalue weighted by molar-refractivity contribution is 6.90. The minimum Gasteiger partial charge on any atom is -0.437 e. The van der Waals surface area contributed by atoms with Crippen LogP contribution in [-0.4, -0.2) is 70.2 Å². The van der Waals surface area contributed by atoms with Gasteiger partial charge >= 0.3 is 25.7 Å². The Bertz CT molecular complexity index is 542. The van der Waals surface area contributed by atoms with Crippen LogP contribution in [0, 0.1) is 0 Å². The topological polar surface area (TPSA) is 64.6 Å². The molecule has 0 N–H and O–H groups in total. The first-order valence-corrected chi connectivity index (χ1v) is 32.0. The van der Waals surface area contributed by atoms with Gasteiger partial charge in [0.25, 0.3) is 27.9 Å². The first-order valence-electron chi connectivity index (χ1n) is 11.0. The van der Waals surface area contributed by atoms with E-state index in [1.165, 1.54) is 0 Å². The Labute approximate surface area is 195 Å². The summed E-state index contributed by atoms with van der Waals surface area (Å²) >= 11 is 0. The molecule has 0 spiro atoms. The van der Waals surface area contributed by atoms with Crippen LogP contribution in [0.1, 0.15) is 0 Å². The molecule has 0 aromatic carbocycles. The Morgan fingerprint density at radius 2 is 1.10 bits per heavy atom. The number of hydrogen-bond acceptors (Lipinski definition) is 7. The van der Waals surface area contributed by atoms with E-state index in [-0.39, 0.29) is 0 Å². The summed E-state index contributed by atoms with van der Waals surface area (Å²) in [7, 11) is -15.8. The van der Waals surface area contributed by atoms with E-state index in [0.29, 0.717) is 0 Å². The molecule has 0 radical (unpaired) electrons. The monoisotopic (exact) mass is 562 g/mol. The van der Waals surface area contributed by atoms with Gasteiger partial charge in [0, 0.05) is 0 Å². The summed E-state index contributed by atoms with van der Waals surface area (Å²) in [4.78, 5) is 0. The maximum Gasteiger partial charge on any atom is 0.316 e. The third-order valence-electron chi connectivity index (χ3n) is 4.17. The molecule has 1 aliphatic rings. The molecule has 3 atom stereocenters. The molecule has 3 unspecified atom stereocenters. The summed E-state index contributed by atoms with van der Waals surface area (Å²) in [6.07, 6.45) is 0. The normalized spacial score (nSPS) is 31.7. The Hall–Kier alpha value is 1.46. The maximum atomic E-state index is 6.82. The van der Waals surface area contributed by atoms with Gasteiger partial charge in [0.05, 0.1) is 0 Å². The fourth-order valence-corrected chi connectivity index (χ4v) is 38.6. The SMILES string of the molecule is C[SiH]1O[SiH](C)O[Si](C)(CC[Si](C)(O[Si](C)(C)C)O[Si](C)(C)O[Si](C)(C)C)O[SiH](C)O1. The summed E-state index contributed by atoms with van der Waals surface area (Å²) < 4.78 is 45.2. The van der Waals surface area contributed by atoms with Gasteiger partial charge in [-0.2, -0.15) is 0 Å². The van der Waals surface area contributed by atoms with Crippen molar-refractivity contribution in [3.63, 3.8) is 0 Å². The molecule has 0 aromatic heterocycles. The van der Waals surface area contributed by atoms with Crippen LogP contribution in [-0.2, 0) is 28.8 Å². The summed E-state index contributed by atoms with van der Waals surface area (Å²) in [6, 6.07) is 1.69. The molecule has 15 heteroatoms. The number of rotatable bonds is 9. The Balaban J connectivity index is 3.00. The lowest BCUT2D eigenvalue weighted by atomic mass is 10.9. The standard InChI is InChI=1S/C15H46O7Si8/c1-23-16-24(2)18-29(12,19-25(3)17-23)14-15-30(13,21-27(7,8)9)22-28(10,11)20-26(4,5)6/h23-25H,14-15H2,1-13H3. The third kappa shape index (κ3) is 12.1. The van der Waals surface area contributed by atoms with Gasteiger partial charge in [0.2, 0.25) is 0 Å². The molecule has 0 saturated carbocycles. The van der Waals surface area contributed by atoms with Crippen molar-refractivity contribution >= 4 is 70.2 Å². The highest BCUT2D eigenvalue weighted by Gasteiger charge is 2.48. The number of hydrogen-bond donors (Lipinski definition) is 0. The zero-order chi connectivity index (χ0) is 23.6. The maximum absolute atomic E-state index is 6.82. The summed E-state index contributed by atoms with van der Waals surface area (Å²) in [5.74, 6) is 0. The summed E-state index contributed by atoms with van der Waals surface area (Å²) in [6.45, 7) is 28.3. The molecule has 1 rings (SSSR count). The van der Waals surface area contributed by atoms with Crippen LogP contribution in [0.4, 0.5) is 0 Å². The van der Waals surface area contributed by atoms with E-state index >= 15 is 0 Å². The van der Waals surface area contributed by atoms with E-state index in [1.807, 2.05) is 0 Å². The lowest BCUT2D eigenvalue weighted by Gasteiger charge is -2.43. The Morgan fingerprint density at radius 3 is 1.50 bits per heavy atom. The largest absolute Gasteiger partial charge is 0.437 e. The van der Waals surface area contributed by atoms with Gasteiger partial charge in [-0.15, -0.1) is 0 Å². The molecule has 1 heterocycles. The second-order valence-corrected chi connectivity index (χ2v) is 37.6. The fraction of sp³-hybridized carbons (Fsp3) is 1.00. The average Bonchev–Trinajstić information content (AvgIpc) is 2.37. The third-order valence-corrected chi connectivity index (χ3v) is 32.0. The molecular formula is C15H46O7Si8. The van der Waals surface area contributed by atoms with E-state index in [1.54, 1.807) is 0 Å². The van der Waals surface area contributed by atoms with Gasteiger partial charge in [0.15, 0.2) is 16.6 Å². The van der Waals surface area contributed by atoms with Crippen molar-refractivity contribution in [1.82, 2.24) is 0 Å². The minimum atomic E-state index is -2.48. The van der Waals surface area contributed by atoms with E-state index in [9.17, 15) is 0 Å². The summed E-state index contributed by atoms with van der Waals surface area (Å²) in [5, 5.41) is 0. The van der Waals surface area contributed by atoms with Gasteiger partial charge in [-0.25, -0.2) is 0 Å². The average molecular weight is 563 g/mol. The van der Waals surface area contributed by atoms with Crippen LogP contribution < -0.4 is 0 Å². The predicted molar refractivity (Wildman–Crippen MR) is 144 cm³/mol. The first kappa shape index (κ1) is 29.5. The Kier molecular flexibility index (Phi) is 10.6. The van der Waals surface area contributed by atoms with Crippen LogP contribution in [0.5, 0.6) is 0 Å². The molecule has 0 aromatic rings. The van der Waals surface area contributed by atoms with Gasteiger partial charge in [0.1, 0.15) is 0 Å². The van der Waals surface area contributed by atoms with Crippen LogP contribution in [0.3, 0.4) is 0 Å². The first-order chi connectivity index (χ1) is 13.2. The molecule has 1 fully saturated rings. The second-order valence-electron chi connectivity index (χ2n) is 10.9. The van der Waals surface area contributed by atoms with Gasteiger partial charge < -0.3 is 28.8 Å². The highest BCUT2D eigenvalue weighted by atomic mass is 28.5. The van der Waals surface area contributed by atoms with E-state index in [0.717, 1.165) is 12.1 Å². The lowest BCUT2D eigenvalue weighted by Crippen LogP contribution is -2.58. The molecule has 30 heavy (non-hydrogen) atoms. The van der Waals surface area contributed by atoms with Crippen molar-refractivity contribution in [2.24, 2.45) is 0 Å². The predicted octanol–water partition coefficient (Wildman–Crippen LogP) is 4.18. The van der Waals surface area contributed by atoms with Crippen molar-refractivity contribution in [1.29, 1.82) is 0 Å². The molecular weight excluding hydrogens is 517 g/mol. The van der Waals surface area contributed by atoms with Crippen LogP contribution in [0.2, 0.25) is 97.2 Å². The van der Waals surface area contributed by atoms with Crippen molar-refractivity contribution < 1.29 is 28.8 Å². The molecule has 1 aliphatic heterocycles. The second kappa shape index (κ2) is 10.8. The van der Waals surface area contributed by atoms with Crippen LogP contribution in [0.25, 0.3) is 0 Å². The van der Waals surface area contributed by atoms with Crippen LogP contribution in [0.15, 0.2) is 0 Å². The van der Waals surface area contributed by atoms with Crippen molar-refractivity contribution in [2.75, 3.05) is 0 Å². The minimum absolute atomic E-state index is 0.842.